The first-order valence-electron chi connectivity index (χ1n) is 4.78. The Morgan fingerprint density at radius 1 is 1.50 bits per heavy atom. The number of hydrogen-bond acceptors (Lipinski definition) is 5. The van der Waals surface area contributed by atoms with Crippen LogP contribution in [0, 0.1) is 0 Å². The highest BCUT2D eigenvalue weighted by molar-refractivity contribution is 7.44. The number of nitrogens with two attached hydrogens (primary N) is 1. The number of carbonyl (C=O) groups excluding carboxylic acids is 2. The van der Waals surface area contributed by atoms with Crippen molar-refractivity contribution in [3.8, 4) is 0 Å². The molecule has 0 saturated heterocycles. The van der Waals surface area contributed by atoms with Gasteiger partial charge in [0.25, 0.3) is 0 Å². The van der Waals surface area contributed by atoms with Crippen molar-refractivity contribution in [2.75, 3.05) is 19.1 Å². The molecule has 1 unspecified atom stereocenters. The van der Waals surface area contributed by atoms with Gasteiger partial charge in [-0.2, -0.15) is 0 Å². The van der Waals surface area contributed by atoms with Crippen molar-refractivity contribution >= 4 is 19.7 Å². The molecule has 92 valence electrons. The lowest BCUT2D eigenvalue weighted by atomic mass is 10.2. The fourth-order valence-corrected chi connectivity index (χ4v) is 1.54. The molecular formula is C9H16NO5P. The van der Waals surface area contributed by atoms with Crippen LogP contribution in [0.2, 0.25) is 0 Å². The fraction of sp³-hybridized carbons (Fsp3) is 0.556. The van der Waals surface area contributed by atoms with Crippen molar-refractivity contribution in [1.29, 1.82) is 0 Å². The van der Waals surface area contributed by atoms with Gasteiger partial charge in [0.2, 0.25) is 5.91 Å². The van der Waals surface area contributed by atoms with E-state index in [2.05, 4.69) is 0 Å². The van der Waals surface area contributed by atoms with Crippen molar-refractivity contribution in [3.63, 3.8) is 0 Å². The highest BCUT2D eigenvalue weighted by Gasteiger charge is 2.13. The van der Waals surface area contributed by atoms with Crippen molar-refractivity contribution in [2.24, 2.45) is 5.73 Å². The molecule has 7 heteroatoms. The number of primary amides is 1. The lowest BCUT2D eigenvalue weighted by Gasteiger charge is -2.04. The van der Waals surface area contributed by atoms with E-state index in [0.717, 1.165) is 0 Å². The van der Waals surface area contributed by atoms with Gasteiger partial charge in [0.05, 0.1) is 19.4 Å². The summed E-state index contributed by atoms with van der Waals surface area (Å²) in [6.45, 7) is 1.82. The van der Waals surface area contributed by atoms with E-state index >= 15 is 0 Å². The number of allylic oxidation sites excluding steroid dienone is 1. The van der Waals surface area contributed by atoms with E-state index in [9.17, 15) is 14.2 Å². The Kier molecular flexibility index (Phi) is 7.50. The van der Waals surface area contributed by atoms with Crippen LogP contribution in [0.25, 0.3) is 0 Å². The van der Waals surface area contributed by atoms with Gasteiger partial charge in [0, 0.05) is 11.7 Å². The third kappa shape index (κ3) is 6.37. The standard InChI is InChI=1S/C9H16NO5P/c1-2-15-9(13)7(5-8(10)12)3-4-16(14)6-11/h3,11,16H,2,4-6H2,1H3,(H2,10,12)/b7-3-. The molecule has 0 aliphatic heterocycles. The minimum Gasteiger partial charge on any atom is -0.463 e. The maximum absolute atomic E-state index is 11.3. The molecule has 1 atom stereocenters. The summed E-state index contributed by atoms with van der Waals surface area (Å²) >= 11 is 0. The molecule has 0 spiro atoms. The fourth-order valence-electron chi connectivity index (χ4n) is 0.941. The highest BCUT2D eigenvalue weighted by Crippen LogP contribution is 2.19. The largest absolute Gasteiger partial charge is 0.463 e. The molecule has 0 aromatic heterocycles. The summed E-state index contributed by atoms with van der Waals surface area (Å²) in [6, 6.07) is 0. The summed E-state index contributed by atoms with van der Waals surface area (Å²) in [5.74, 6) is -1.31. The molecule has 0 aliphatic rings. The Bertz CT molecular complexity index is 313. The van der Waals surface area contributed by atoms with Gasteiger partial charge in [-0.05, 0) is 6.92 Å². The Balaban J connectivity index is 4.58. The molecule has 1 amide bonds. The van der Waals surface area contributed by atoms with Gasteiger partial charge in [-0.3, -0.25) is 4.79 Å². The topological polar surface area (TPSA) is 107 Å². The van der Waals surface area contributed by atoms with Crippen LogP contribution in [0.5, 0.6) is 0 Å². The summed E-state index contributed by atoms with van der Waals surface area (Å²) in [7, 11) is -2.14. The highest BCUT2D eigenvalue weighted by atomic mass is 31.1. The molecule has 0 rings (SSSR count). The minimum atomic E-state index is -2.14. The molecule has 0 aromatic rings. The van der Waals surface area contributed by atoms with Gasteiger partial charge in [0.15, 0.2) is 0 Å². The van der Waals surface area contributed by atoms with Gasteiger partial charge >= 0.3 is 5.97 Å². The maximum atomic E-state index is 11.3. The lowest BCUT2D eigenvalue weighted by Crippen LogP contribution is -2.17. The van der Waals surface area contributed by atoms with Gasteiger partial charge in [-0.25, -0.2) is 4.79 Å². The average molecular weight is 249 g/mol. The zero-order chi connectivity index (χ0) is 12.6. The van der Waals surface area contributed by atoms with E-state index < -0.39 is 26.0 Å². The average Bonchev–Trinajstić information content (AvgIpc) is 2.23. The number of aliphatic hydroxyl groups excluding tert-OH is 1. The number of hydrogen-bond donors (Lipinski definition) is 2. The van der Waals surface area contributed by atoms with Crippen LogP contribution < -0.4 is 5.73 Å². The predicted octanol–water partition coefficient (Wildman–Crippen LogP) is -0.139. The molecule has 0 aliphatic carbocycles. The van der Waals surface area contributed by atoms with Crippen molar-refractivity contribution in [2.45, 2.75) is 13.3 Å². The Morgan fingerprint density at radius 3 is 2.56 bits per heavy atom. The first-order valence-corrected chi connectivity index (χ1v) is 6.60. The van der Waals surface area contributed by atoms with E-state index in [0.29, 0.717) is 0 Å². The van der Waals surface area contributed by atoms with Crippen molar-refractivity contribution in [1.82, 2.24) is 0 Å². The van der Waals surface area contributed by atoms with E-state index in [1.807, 2.05) is 0 Å². The van der Waals surface area contributed by atoms with Crippen molar-refractivity contribution in [3.05, 3.63) is 11.6 Å². The van der Waals surface area contributed by atoms with Crippen LogP contribution in [0.15, 0.2) is 11.6 Å². The molecular weight excluding hydrogens is 233 g/mol. The zero-order valence-electron chi connectivity index (χ0n) is 9.06. The maximum Gasteiger partial charge on any atom is 0.334 e. The van der Waals surface area contributed by atoms with E-state index in [1.54, 1.807) is 6.92 Å². The zero-order valence-corrected chi connectivity index (χ0v) is 10.1. The molecule has 0 heterocycles. The third-order valence-corrected chi connectivity index (χ3v) is 2.67. The monoisotopic (exact) mass is 249 g/mol. The van der Waals surface area contributed by atoms with Crippen LogP contribution in [-0.4, -0.2) is 36.1 Å². The van der Waals surface area contributed by atoms with Crippen LogP contribution in [-0.2, 0) is 18.9 Å². The second-order valence-corrected chi connectivity index (χ2v) is 4.80. The first kappa shape index (κ1) is 14.9. The molecule has 0 aromatic carbocycles. The number of carbonyl (C=O) groups is 2. The van der Waals surface area contributed by atoms with E-state index in [-0.39, 0.29) is 24.8 Å². The molecule has 0 fully saturated rings. The number of amides is 1. The number of ether oxygens (including phenoxy) is 1. The van der Waals surface area contributed by atoms with Crippen LogP contribution in [0.3, 0.4) is 0 Å². The van der Waals surface area contributed by atoms with Gasteiger partial charge in [0.1, 0.15) is 7.80 Å². The van der Waals surface area contributed by atoms with Crippen LogP contribution in [0.4, 0.5) is 0 Å². The summed E-state index contributed by atoms with van der Waals surface area (Å²) < 4.78 is 15.7. The minimum absolute atomic E-state index is 0.0581. The normalized spacial score (nSPS) is 13.2. The van der Waals surface area contributed by atoms with E-state index in [4.69, 9.17) is 15.6 Å². The van der Waals surface area contributed by atoms with Gasteiger partial charge < -0.3 is 20.1 Å². The number of rotatable bonds is 7. The van der Waals surface area contributed by atoms with Crippen LogP contribution >= 0.6 is 7.80 Å². The SMILES string of the molecule is CCOC(=O)/C(=C\C[PH](=O)CO)CC(N)=O. The first-order chi connectivity index (χ1) is 7.51. The Hall–Kier alpha value is -1.13. The summed E-state index contributed by atoms with van der Waals surface area (Å²) in [5, 5.41) is 8.57. The molecule has 0 saturated carbocycles. The second-order valence-electron chi connectivity index (χ2n) is 2.99. The predicted molar refractivity (Wildman–Crippen MR) is 59.5 cm³/mol. The Labute approximate surface area is 94.2 Å². The molecule has 0 radical (unpaired) electrons. The van der Waals surface area contributed by atoms with Crippen LogP contribution in [0.1, 0.15) is 13.3 Å². The summed E-state index contributed by atoms with van der Waals surface area (Å²) in [5.41, 5.74) is 5.04. The third-order valence-electron chi connectivity index (χ3n) is 1.65. The lowest BCUT2D eigenvalue weighted by molar-refractivity contribution is -0.139. The van der Waals surface area contributed by atoms with E-state index in [1.165, 1.54) is 6.08 Å². The number of aliphatic hydroxyl groups is 1. The summed E-state index contributed by atoms with van der Waals surface area (Å²) in [4.78, 5) is 22.0. The second kappa shape index (κ2) is 8.07. The molecule has 16 heavy (non-hydrogen) atoms. The molecule has 6 nitrogen and oxygen atoms in total. The van der Waals surface area contributed by atoms with Gasteiger partial charge in [-0.15, -0.1) is 0 Å². The van der Waals surface area contributed by atoms with Crippen molar-refractivity contribution < 1.29 is 24.0 Å². The molecule has 3 N–H and O–H groups in total. The number of esters is 1. The Morgan fingerprint density at radius 2 is 2.12 bits per heavy atom. The molecule has 0 bridgehead atoms. The quantitative estimate of drug-likeness (QED) is 0.371. The smallest absolute Gasteiger partial charge is 0.334 e. The summed E-state index contributed by atoms with van der Waals surface area (Å²) in [6.07, 6.45) is 0.718. The van der Waals surface area contributed by atoms with Gasteiger partial charge in [-0.1, -0.05) is 6.08 Å².